The van der Waals surface area contributed by atoms with Crippen LogP contribution in [0.2, 0.25) is 0 Å². The summed E-state index contributed by atoms with van der Waals surface area (Å²) in [5, 5.41) is 6.01. The van der Waals surface area contributed by atoms with Crippen LogP contribution in [0.15, 0.2) is 71.5 Å². The number of carbonyl (C=O) groups excluding carboxylic acids is 1. The number of hydrogen-bond acceptors (Lipinski definition) is 4. The van der Waals surface area contributed by atoms with Crippen LogP contribution in [-0.2, 0) is 6.54 Å². The number of pyridine rings is 2. The molecule has 3 rings (SSSR count). The Morgan fingerprint density at radius 1 is 1.04 bits per heavy atom. The third kappa shape index (κ3) is 4.39. The van der Waals surface area contributed by atoms with E-state index in [1.165, 1.54) is 0 Å². The number of aromatic nitrogens is 2. The average molecular weight is 383 g/mol. The van der Waals surface area contributed by atoms with Gasteiger partial charge in [-0.1, -0.05) is 28.1 Å². The molecule has 0 aliphatic heterocycles. The van der Waals surface area contributed by atoms with Crippen molar-refractivity contribution in [2.24, 2.45) is 0 Å². The molecular weight excluding hydrogens is 368 g/mol. The van der Waals surface area contributed by atoms with Crippen molar-refractivity contribution in [3.63, 3.8) is 0 Å². The highest BCUT2D eigenvalue weighted by molar-refractivity contribution is 9.10. The molecule has 2 N–H and O–H groups in total. The first kappa shape index (κ1) is 16.1. The van der Waals surface area contributed by atoms with Gasteiger partial charge in [-0.25, -0.2) is 4.98 Å². The van der Waals surface area contributed by atoms with E-state index in [1.807, 2.05) is 36.4 Å². The Morgan fingerprint density at radius 3 is 2.67 bits per heavy atom. The number of rotatable bonds is 5. The number of hydrogen-bond donors (Lipinski definition) is 2. The molecule has 120 valence electrons. The summed E-state index contributed by atoms with van der Waals surface area (Å²) < 4.78 is 0.858. The minimum absolute atomic E-state index is 0.196. The van der Waals surface area contributed by atoms with Gasteiger partial charge in [-0.3, -0.25) is 9.78 Å². The SMILES string of the molecule is O=C(Nc1ccc(NCc2ccccn2)cn1)c1cccc(Br)c1. The summed E-state index contributed by atoms with van der Waals surface area (Å²) in [4.78, 5) is 20.7. The molecule has 1 aromatic carbocycles. The monoisotopic (exact) mass is 382 g/mol. The van der Waals surface area contributed by atoms with Crippen LogP contribution >= 0.6 is 15.9 Å². The summed E-state index contributed by atoms with van der Waals surface area (Å²) in [6.07, 6.45) is 3.44. The van der Waals surface area contributed by atoms with Gasteiger partial charge in [0.2, 0.25) is 0 Å². The molecule has 2 aromatic heterocycles. The summed E-state index contributed by atoms with van der Waals surface area (Å²) in [6.45, 7) is 0.617. The molecule has 0 atom stereocenters. The van der Waals surface area contributed by atoms with E-state index < -0.39 is 0 Å². The second kappa shape index (κ2) is 7.70. The Bertz CT molecular complexity index is 822. The van der Waals surface area contributed by atoms with Gasteiger partial charge in [-0.05, 0) is 42.5 Å². The van der Waals surface area contributed by atoms with Gasteiger partial charge in [0, 0.05) is 16.2 Å². The third-order valence-corrected chi connectivity index (χ3v) is 3.78. The highest BCUT2D eigenvalue weighted by Gasteiger charge is 2.07. The second-order valence-electron chi connectivity index (χ2n) is 5.07. The average Bonchev–Trinajstić information content (AvgIpc) is 2.62. The minimum Gasteiger partial charge on any atom is -0.378 e. The summed E-state index contributed by atoms with van der Waals surface area (Å²) in [5.74, 6) is 0.307. The van der Waals surface area contributed by atoms with E-state index in [0.717, 1.165) is 15.9 Å². The van der Waals surface area contributed by atoms with E-state index >= 15 is 0 Å². The number of anilines is 2. The van der Waals surface area contributed by atoms with Crippen LogP contribution in [0.3, 0.4) is 0 Å². The number of halogens is 1. The highest BCUT2D eigenvalue weighted by atomic mass is 79.9. The van der Waals surface area contributed by atoms with Crippen molar-refractivity contribution in [2.75, 3.05) is 10.6 Å². The van der Waals surface area contributed by atoms with Crippen molar-refractivity contribution in [1.82, 2.24) is 9.97 Å². The molecule has 0 unspecified atom stereocenters. The summed E-state index contributed by atoms with van der Waals surface area (Å²) >= 11 is 3.35. The molecule has 0 bridgehead atoms. The van der Waals surface area contributed by atoms with Gasteiger partial charge in [0.05, 0.1) is 24.1 Å². The van der Waals surface area contributed by atoms with Gasteiger partial charge in [0.1, 0.15) is 5.82 Å². The molecule has 6 heteroatoms. The molecule has 0 fully saturated rings. The topological polar surface area (TPSA) is 66.9 Å². The van der Waals surface area contributed by atoms with Crippen molar-refractivity contribution >= 4 is 33.3 Å². The Balaban J connectivity index is 1.59. The molecule has 0 aliphatic rings. The maximum Gasteiger partial charge on any atom is 0.256 e. The Morgan fingerprint density at radius 2 is 1.96 bits per heavy atom. The van der Waals surface area contributed by atoms with Gasteiger partial charge in [-0.2, -0.15) is 0 Å². The first-order valence-electron chi connectivity index (χ1n) is 7.37. The van der Waals surface area contributed by atoms with Gasteiger partial charge in [0.15, 0.2) is 0 Å². The highest BCUT2D eigenvalue weighted by Crippen LogP contribution is 2.14. The number of nitrogens with one attached hydrogen (secondary N) is 2. The Labute approximate surface area is 148 Å². The van der Waals surface area contributed by atoms with Crippen molar-refractivity contribution < 1.29 is 4.79 Å². The lowest BCUT2D eigenvalue weighted by molar-refractivity contribution is 0.102. The van der Waals surface area contributed by atoms with Crippen molar-refractivity contribution in [2.45, 2.75) is 6.54 Å². The van der Waals surface area contributed by atoms with Crippen molar-refractivity contribution in [3.8, 4) is 0 Å². The van der Waals surface area contributed by atoms with Crippen molar-refractivity contribution in [1.29, 1.82) is 0 Å². The first-order chi connectivity index (χ1) is 11.7. The van der Waals surface area contributed by atoms with E-state index in [-0.39, 0.29) is 5.91 Å². The van der Waals surface area contributed by atoms with Crippen LogP contribution in [0.25, 0.3) is 0 Å². The molecule has 0 spiro atoms. The molecule has 2 heterocycles. The smallest absolute Gasteiger partial charge is 0.256 e. The number of benzene rings is 1. The maximum absolute atomic E-state index is 12.2. The van der Waals surface area contributed by atoms with Crippen molar-refractivity contribution in [3.05, 3.63) is 82.7 Å². The van der Waals surface area contributed by atoms with Crippen LogP contribution in [0.5, 0.6) is 0 Å². The number of carbonyl (C=O) groups is 1. The molecular formula is C18H15BrN4O. The van der Waals surface area contributed by atoms with E-state index in [9.17, 15) is 4.79 Å². The predicted octanol–water partition coefficient (Wildman–Crippen LogP) is 4.10. The fourth-order valence-electron chi connectivity index (χ4n) is 2.09. The lowest BCUT2D eigenvalue weighted by Crippen LogP contribution is -2.13. The molecule has 0 aliphatic carbocycles. The standard InChI is InChI=1S/C18H15BrN4O/c19-14-5-3-4-13(10-14)18(24)23-17-8-7-16(12-22-17)21-11-15-6-1-2-9-20-15/h1-10,12,21H,11H2,(H,22,23,24). The lowest BCUT2D eigenvalue weighted by Gasteiger charge is -2.08. The van der Waals surface area contributed by atoms with Gasteiger partial charge >= 0.3 is 0 Å². The van der Waals surface area contributed by atoms with Crippen LogP contribution < -0.4 is 10.6 Å². The second-order valence-corrected chi connectivity index (χ2v) is 5.99. The van der Waals surface area contributed by atoms with E-state index in [2.05, 4.69) is 36.5 Å². The number of amides is 1. The Hall–Kier alpha value is -2.73. The first-order valence-corrected chi connectivity index (χ1v) is 8.17. The zero-order chi connectivity index (χ0) is 16.8. The summed E-state index contributed by atoms with van der Waals surface area (Å²) in [7, 11) is 0. The van der Waals surface area contributed by atoms with Crippen LogP contribution in [0, 0.1) is 0 Å². The molecule has 0 saturated heterocycles. The molecule has 1 amide bonds. The molecule has 24 heavy (non-hydrogen) atoms. The van der Waals surface area contributed by atoms with Crippen LogP contribution in [0.4, 0.5) is 11.5 Å². The van der Waals surface area contributed by atoms with E-state index in [0.29, 0.717) is 17.9 Å². The Kier molecular flexibility index (Phi) is 5.18. The van der Waals surface area contributed by atoms with Gasteiger partial charge < -0.3 is 10.6 Å². The van der Waals surface area contributed by atoms with E-state index in [4.69, 9.17) is 0 Å². The minimum atomic E-state index is -0.196. The van der Waals surface area contributed by atoms with E-state index in [1.54, 1.807) is 30.6 Å². The molecule has 0 radical (unpaired) electrons. The zero-order valence-electron chi connectivity index (χ0n) is 12.7. The lowest BCUT2D eigenvalue weighted by atomic mass is 10.2. The zero-order valence-corrected chi connectivity index (χ0v) is 14.3. The normalized spacial score (nSPS) is 10.2. The maximum atomic E-state index is 12.2. The molecule has 3 aromatic rings. The van der Waals surface area contributed by atoms with Gasteiger partial charge in [0.25, 0.3) is 5.91 Å². The summed E-state index contributed by atoms with van der Waals surface area (Å²) in [6, 6.07) is 16.6. The third-order valence-electron chi connectivity index (χ3n) is 3.29. The molecule has 5 nitrogen and oxygen atoms in total. The van der Waals surface area contributed by atoms with Crippen LogP contribution in [-0.4, -0.2) is 15.9 Å². The predicted molar refractivity (Wildman–Crippen MR) is 97.9 cm³/mol. The number of nitrogens with zero attached hydrogens (tertiary/aromatic N) is 2. The summed E-state index contributed by atoms with van der Waals surface area (Å²) in [5.41, 5.74) is 2.38. The molecule has 0 saturated carbocycles. The fourth-order valence-corrected chi connectivity index (χ4v) is 2.49. The van der Waals surface area contributed by atoms with Gasteiger partial charge in [-0.15, -0.1) is 0 Å². The van der Waals surface area contributed by atoms with Crippen LogP contribution in [0.1, 0.15) is 16.1 Å². The largest absolute Gasteiger partial charge is 0.378 e. The quantitative estimate of drug-likeness (QED) is 0.696. The fraction of sp³-hybridized carbons (Fsp3) is 0.0556.